The summed E-state index contributed by atoms with van der Waals surface area (Å²) >= 11 is 0. The molecule has 2 rings (SSSR count). The zero-order valence-corrected chi connectivity index (χ0v) is 16.9. The lowest BCUT2D eigenvalue weighted by atomic mass is 9.62. The van der Waals surface area contributed by atoms with E-state index in [0.717, 1.165) is 37.5 Å². The van der Waals surface area contributed by atoms with Crippen LogP contribution in [0.25, 0.3) is 0 Å². The van der Waals surface area contributed by atoms with Crippen molar-refractivity contribution >= 4 is 0 Å². The fourth-order valence-corrected chi connectivity index (χ4v) is 5.22. The van der Waals surface area contributed by atoms with E-state index in [-0.39, 0.29) is 12.2 Å². The summed E-state index contributed by atoms with van der Waals surface area (Å²) < 4.78 is 5.88. The lowest BCUT2D eigenvalue weighted by Gasteiger charge is -2.43. The fourth-order valence-electron chi connectivity index (χ4n) is 5.22. The van der Waals surface area contributed by atoms with E-state index in [4.69, 9.17) is 4.74 Å². The highest BCUT2D eigenvalue weighted by molar-refractivity contribution is 4.87. The molecule has 2 fully saturated rings. The second kappa shape index (κ2) is 10.3. The Hall–Kier alpha value is -0.120. The van der Waals surface area contributed by atoms with E-state index in [1.807, 2.05) is 0 Å². The van der Waals surface area contributed by atoms with Gasteiger partial charge in [-0.25, -0.2) is 0 Å². The minimum atomic E-state index is -0.352. The Kier molecular flexibility index (Phi) is 8.71. The van der Waals surface area contributed by atoms with Crippen LogP contribution in [0.15, 0.2) is 0 Å². The molecule has 3 nitrogen and oxygen atoms in total. The van der Waals surface area contributed by atoms with Gasteiger partial charge in [0.15, 0.2) is 0 Å². The van der Waals surface area contributed by atoms with Gasteiger partial charge in [-0.1, -0.05) is 39.5 Å². The van der Waals surface area contributed by atoms with Crippen molar-refractivity contribution in [2.75, 3.05) is 6.61 Å². The summed E-state index contributed by atoms with van der Waals surface area (Å²) in [6, 6.07) is 0. The van der Waals surface area contributed by atoms with Crippen LogP contribution in [-0.2, 0) is 4.74 Å². The molecule has 0 aliphatic heterocycles. The molecule has 2 aliphatic rings. The number of aliphatic hydroxyl groups excluding tert-OH is 2. The van der Waals surface area contributed by atoms with E-state index in [1.165, 1.54) is 51.4 Å². The van der Waals surface area contributed by atoms with Gasteiger partial charge in [-0.3, -0.25) is 0 Å². The summed E-state index contributed by atoms with van der Waals surface area (Å²) in [4.78, 5) is 0. The zero-order chi connectivity index (χ0) is 18.3. The SMILES string of the molecule is CC(O)COC1CCCC(C(C)(C)C2CCCC(O)CCC2)CCC1. The van der Waals surface area contributed by atoms with Crippen molar-refractivity contribution in [2.45, 2.75) is 116 Å². The van der Waals surface area contributed by atoms with Crippen LogP contribution in [0.5, 0.6) is 0 Å². The van der Waals surface area contributed by atoms with Gasteiger partial charge in [0.1, 0.15) is 0 Å². The summed E-state index contributed by atoms with van der Waals surface area (Å²) in [5, 5.41) is 19.3. The van der Waals surface area contributed by atoms with Gasteiger partial charge >= 0.3 is 0 Å². The minimum absolute atomic E-state index is 0.0518. The lowest BCUT2D eigenvalue weighted by Crippen LogP contribution is -2.35. The maximum Gasteiger partial charge on any atom is 0.0745 e. The highest BCUT2D eigenvalue weighted by atomic mass is 16.5. The third-order valence-electron chi connectivity index (χ3n) is 7.01. The summed E-state index contributed by atoms with van der Waals surface area (Å²) in [7, 11) is 0. The molecule has 0 radical (unpaired) electrons. The molecular formula is C22H42O3. The van der Waals surface area contributed by atoms with Crippen molar-refractivity contribution in [1.29, 1.82) is 0 Å². The summed E-state index contributed by atoms with van der Waals surface area (Å²) in [6.45, 7) is 7.32. The third kappa shape index (κ3) is 6.84. The number of ether oxygens (including phenoxy) is 1. The van der Waals surface area contributed by atoms with Crippen LogP contribution in [0.1, 0.15) is 97.8 Å². The molecule has 25 heavy (non-hydrogen) atoms. The molecule has 1 unspecified atom stereocenters. The Balaban J connectivity index is 1.85. The number of aliphatic hydroxyl groups is 2. The van der Waals surface area contributed by atoms with Gasteiger partial charge in [0, 0.05) is 0 Å². The Morgan fingerprint density at radius 1 is 0.840 bits per heavy atom. The topological polar surface area (TPSA) is 49.7 Å². The second-order valence-electron chi connectivity index (χ2n) is 9.40. The van der Waals surface area contributed by atoms with Gasteiger partial charge in [-0.2, -0.15) is 0 Å². The predicted octanol–water partition coefficient (Wildman–Crippen LogP) is 5.08. The monoisotopic (exact) mass is 354 g/mol. The smallest absolute Gasteiger partial charge is 0.0745 e. The van der Waals surface area contributed by atoms with E-state index in [9.17, 15) is 10.2 Å². The standard InChI is InChI=1S/C22H42O3/c1-17(23)16-25-21-14-6-10-19(11-7-15-21)22(2,3)18-8-4-12-20(24)13-5-9-18/h17-21,23-24H,4-16H2,1-3H3. The lowest BCUT2D eigenvalue weighted by molar-refractivity contribution is -0.0208. The first kappa shape index (κ1) is 21.2. The van der Waals surface area contributed by atoms with Crippen LogP contribution in [0.3, 0.4) is 0 Å². The third-order valence-corrected chi connectivity index (χ3v) is 7.01. The molecule has 2 saturated carbocycles. The highest BCUT2D eigenvalue weighted by Gasteiger charge is 2.37. The molecule has 0 spiro atoms. The van der Waals surface area contributed by atoms with Crippen LogP contribution < -0.4 is 0 Å². The van der Waals surface area contributed by atoms with Gasteiger partial charge in [0.25, 0.3) is 0 Å². The van der Waals surface area contributed by atoms with Crippen molar-refractivity contribution < 1.29 is 14.9 Å². The molecule has 148 valence electrons. The van der Waals surface area contributed by atoms with E-state index in [2.05, 4.69) is 13.8 Å². The number of hydrogen-bond donors (Lipinski definition) is 2. The summed E-state index contributed by atoms with van der Waals surface area (Å²) in [6.07, 6.45) is 14.4. The van der Waals surface area contributed by atoms with Crippen LogP contribution in [-0.4, -0.2) is 35.1 Å². The van der Waals surface area contributed by atoms with Crippen LogP contribution in [0.2, 0.25) is 0 Å². The molecular weight excluding hydrogens is 312 g/mol. The van der Waals surface area contributed by atoms with E-state index < -0.39 is 0 Å². The fraction of sp³-hybridized carbons (Fsp3) is 1.00. The highest BCUT2D eigenvalue weighted by Crippen LogP contribution is 2.46. The Morgan fingerprint density at radius 3 is 1.72 bits per heavy atom. The van der Waals surface area contributed by atoms with Gasteiger partial charge in [-0.15, -0.1) is 0 Å². The molecule has 2 N–H and O–H groups in total. The van der Waals surface area contributed by atoms with Crippen molar-refractivity contribution in [3.05, 3.63) is 0 Å². The maximum atomic E-state index is 9.90. The van der Waals surface area contributed by atoms with Crippen LogP contribution >= 0.6 is 0 Å². The zero-order valence-electron chi connectivity index (χ0n) is 16.9. The molecule has 0 saturated heterocycles. The van der Waals surface area contributed by atoms with Crippen molar-refractivity contribution in [1.82, 2.24) is 0 Å². The Morgan fingerprint density at radius 2 is 1.28 bits per heavy atom. The van der Waals surface area contributed by atoms with E-state index in [0.29, 0.717) is 18.1 Å². The maximum absolute atomic E-state index is 9.90. The summed E-state index contributed by atoms with van der Waals surface area (Å²) in [5.41, 5.74) is 0.412. The van der Waals surface area contributed by atoms with E-state index >= 15 is 0 Å². The molecule has 0 aromatic heterocycles. The molecule has 0 bridgehead atoms. The number of rotatable bonds is 5. The molecule has 0 aromatic carbocycles. The second-order valence-corrected chi connectivity index (χ2v) is 9.40. The molecule has 0 heterocycles. The molecule has 0 amide bonds. The molecule has 1 atom stereocenters. The molecule has 3 heteroatoms. The van der Waals surface area contributed by atoms with E-state index in [1.54, 1.807) is 6.92 Å². The molecule has 0 aromatic rings. The quantitative estimate of drug-likeness (QED) is 0.724. The molecule has 2 aliphatic carbocycles. The first-order chi connectivity index (χ1) is 11.9. The normalized spacial score (nSPS) is 34.4. The Labute approximate surface area is 155 Å². The average molecular weight is 355 g/mol. The van der Waals surface area contributed by atoms with Gasteiger partial charge in [0.05, 0.1) is 24.9 Å². The predicted molar refractivity (Wildman–Crippen MR) is 104 cm³/mol. The number of hydrogen-bond acceptors (Lipinski definition) is 3. The first-order valence-electron chi connectivity index (χ1n) is 10.9. The van der Waals surface area contributed by atoms with Crippen molar-refractivity contribution in [3.8, 4) is 0 Å². The average Bonchev–Trinajstić information content (AvgIpc) is 2.49. The van der Waals surface area contributed by atoms with Gasteiger partial charge < -0.3 is 14.9 Å². The summed E-state index contributed by atoms with van der Waals surface area (Å²) in [5.74, 6) is 1.63. The van der Waals surface area contributed by atoms with Crippen molar-refractivity contribution in [2.24, 2.45) is 17.3 Å². The first-order valence-corrected chi connectivity index (χ1v) is 10.9. The van der Waals surface area contributed by atoms with Crippen LogP contribution in [0, 0.1) is 17.3 Å². The Bertz CT molecular complexity index is 346. The minimum Gasteiger partial charge on any atom is -0.393 e. The van der Waals surface area contributed by atoms with Crippen molar-refractivity contribution in [3.63, 3.8) is 0 Å². The van der Waals surface area contributed by atoms with Gasteiger partial charge in [0.2, 0.25) is 0 Å². The van der Waals surface area contributed by atoms with Gasteiger partial charge in [-0.05, 0) is 75.5 Å². The van der Waals surface area contributed by atoms with Crippen LogP contribution in [0.4, 0.5) is 0 Å². The largest absolute Gasteiger partial charge is 0.393 e.